The Morgan fingerprint density at radius 2 is 1.00 bits per heavy atom. The number of hydrogen-bond acceptors (Lipinski definition) is 2. The molecule has 0 unspecified atom stereocenters. The maximum absolute atomic E-state index is 4.27. The van der Waals surface area contributed by atoms with E-state index in [-0.39, 0.29) is 0 Å². The van der Waals surface area contributed by atoms with Crippen molar-refractivity contribution in [1.82, 2.24) is 4.98 Å². The molecule has 182 valence electrons. The summed E-state index contributed by atoms with van der Waals surface area (Å²) in [7, 11) is 0. The Morgan fingerprint density at radius 3 is 1.82 bits per heavy atom. The van der Waals surface area contributed by atoms with Gasteiger partial charge in [0.1, 0.15) is 0 Å². The first-order valence-corrected chi connectivity index (χ1v) is 13.3. The van der Waals surface area contributed by atoms with Gasteiger partial charge in [-0.15, -0.1) is 0 Å². The molecule has 0 amide bonds. The first-order chi connectivity index (χ1) is 19.4. The highest BCUT2D eigenvalue weighted by Gasteiger charge is 2.22. The van der Waals surface area contributed by atoms with Gasteiger partial charge < -0.3 is 4.90 Å². The molecule has 39 heavy (non-hydrogen) atoms. The molecule has 7 aromatic rings. The van der Waals surface area contributed by atoms with E-state index in [9.17, 15) is 0 Å². The van der Waals surface area contributed by atoms with Crippen molar-refractivity contribution >= 4 is 38.6 Å². The Kier molecular flexibility index (Phi) is 4.86. The second-order valence-electron chi connectivity index (χ2n) is 10.0. The summed E-state index contributed by atoms with van der Waals surface area (Å²) in [6.07, 6.45) is 3.71. The van der Waals surface area contributed by atoms with E-state index in [0.29, 0.717) is 0 Å². The molecule has 2 heteroatoms. The SMILES string of the molecule is c1ccc2c(c1)-c1cccc3c(-c4ccc(N(c5ccncc5)c5cccc6ccccc56)cc4)ccc-2c13. The van der Waals surface area contributed by atoms with E-state index in [1.807, 2.05) is 12.4 Å². The second kappa shape index (κ2) is 8.68. The largest absolute Gasteiger partial charge is 0.310 e. The molecule has 8 rings (SSSR count). The first kappa shape index (κ1) is 21.8. The van der Waals surface area contributed by atoms with Crippen LogP contribution in [-0.2, 0) is 0 Å². The lowest BCUT2D eigenvalue weighted by Crippen LogP contribution is -2.10. The van der Waals surface area contributed by atoms with Crippen LogP contribution in [0.25, 0.3) is 54.9 Å². The zero-order valence-electron chi connectivity index (χ0n) is 21.3. The van der Waals surface area contributed by atoms with Gasteiger partial charge in [0.05, 0.1) is 5.69 Å². The van der Waals surface area contributed by atoms with Gasteiger partial charge in [-0.1, -0.05) is 103 Å². The number of nitrogens with zero attached hydrogens (tertiary/aromatic N) is 2. The summed E-state index contributed by atoms with van der Waals surface area (Å²) in [5.74, 6) is 0. The fourth-order valence-electron chi connectivity index (χ4n) is 6.17. The van der Waals surface area contributed by atoms with Crippen molar-refractivity contribution < 1.29 is 0 Å². The zero-order valence-corrected chi connectivity index (χ0v) is 21.3. The molecule has 0 radical (unpaired) electrons. The lowest BCUT2D eigenvalue weighted by molar-refractivity contribution is 1.25. The number of hydrogen-bond donors (Lipinski definition) is 0. The molecular formula is C37H24N2. The predicted molar refractivity (Wildman–Crippen MR) is 164 cm³/mol. The van der Waals surface area contributed by atoms with E-state index in [2.05, 4.69) is 143 Å². The van der Waals surface area contributed by atoms with Gasteiger partial charge in [-0.3, -0.25) is 4.98 Å². The third-order valence-electron chi connectivity index (χ3n) is 7.91. The van der Waals surface area contributed by atoms with Gasteiger partial charge in [0.2, 0.25) is 0 Å². The van der Waals surface area contributed by atoms with Crippen molar-refractivity contribution in [2.75, 3.05) is 4.90 Å². The smallest absolute Gasteiger partial charge is 0.0540 e. The third-order valence-corrected chi connectivity index (χ3v) is 7.91. The lowest BCUT2D eigenvalue weighted by Gasteiger charge is -2.27. The Morgan fingerprint density at radius 1 is 0.410 bits per heavy atom. The van der Waals surface area contributed by atoms with E-state index < -0.39 is 0 Å². The molecule has 2 nitrogen and oxygen atoms in total. The molecule has 1 heterocycles. The summed E-state index contributed by atoms with van der Waals surface area (Å²) in [5, 5.41) is 5.09. The number of anilines is 3. The monoisotopic (exact) mass is 496 g/mol. The fourth-order valence-corrected chi connectivity index (χ4v) is 6.17. The minimum atomic E-state index is 1.08. The highest BCUT2D eigenvalue weighted by molar-refractivity contribution is 6.18. The predicted octanol–water partition coefficient (Wildman–Crippen LogP) is 10.2. The Balaban J connectivity index is 1.27. The molecule has 1 aliphatic carbocycles. The number of pyridine rings is 1. The van der Waals surface area contributed by atoms with E-state index >= 15 is 0 Å². The van der Waals surface area contributed by atoms with Crippen molar-refractivity contribution in [3.63, 3.8) is 0 Å². The van der Waals surface area contributed by atoms with Crippen LogP contribution >= 0.6 is 0 Å². The van der Waals surface area contributed by atoms with Gasteiger partial charge in [-0.2, -0.15) is 0 Å². The molecule has 1 aromatic heterocycles. The van der Waals surface area contributed by atoms with Gasteiger partial charge in [0.15, 0.2) is 0 Å². The molecule has 6 aromatic carbocycles. The van der Waals surface area contributed by atoms with Crippen LogP contribution in [0.5, 0.6) is 0 Å². The van der Waals surface area contributed by atoms with Crippen LogP contribution in [0.2, 0.25) is 0 Å². The van der Waals surface area contributed by atoms with Gasteiger partial charge in [0, 0.05) is 29.2 Å². The molecule has 0 saturated heterocycles. The lowest BCUT2D eigenvalue weighted by atomic mass is 9.94. The normalized spacial score (nSPS) is 11.6. The molecule has 0 spiro atoms. The van der Waals surface area contributed by atoms with E-state index in [1.54, 1.807) is 0 Å². The maximum atomic E-state index is 4.27. The summed E-state index contributed by atoms with van der Waals surface area (Å²) < 4.78 is 0. The van der Waals surface area contributed by atoms with E-state index in [4.69, 9.17) is 0 Å². The van der Waals surface area contributed by atoms with Crippen LogP contribution < -0.4 is 4.90 Å². The Labute approximate surface area is 227 Å². The van der Waals surface area contributed by atoms with Crippen LogP contribution in [0, 0.1) is 0 Å². The number of rotatable bonds is 4. The van der Waals surface area contributed by atoms with E-state index in [0.717, 1.165) is 17.1 Å². The summed E-state index contributed by atoms with van der Waals surface area (Å²) in [6, 6.07) is 48.2. The summed E-state index contributed by atoms with van der Waals surface area (Å²) >= 11 is 0. The standard InChI is InChI=1S/C37H24N2/c1-2-9-30-25(7-1)8-5-14-36(30)39(28-21-23-38-24-22-28)27-17-15-26(16-18-27)29-19-20-35-32-11-4-3-10-31(32)34-13-6-12-33(29)37(34)35/h1-24H. The second-order valence-corrected chi connectivity index (χ2v) is 10.0. The minimum absolute atomic E-state index is 1.08. The molecule has 0 bridgehead atoms. The molecule has 0 saturated carbocycles. The molecule has 0 atom stereocenters. The summed E-state index contributed by atoms with van der Waals surface area (Å²) in [4.78, 5) is 6.59. The number of fused-ring (bicyclic) bond motifs is 4. The van der Waals surface area contributed by atoms with Gasteiger partial charge in [-0.05, 0) is 79.9 Å². The Hall–Kier alpha value is -5.21. The third kappa shape index (κ3) is 3.39. The zero-order chi connectivity index (χ0) is 25.8. The fraction of sp³-hybridized carbons (Fsp3) is 0. The van der Waals surface area contributed by atoms with Gasteiger partial charge >= 0.3 is 0 Å². The van der Waals surface area contributed by atoms with Gasteiger partial charge in [0.25, 0.3) is 0 Å². The number of aromatic nitrogens is 1. The van der Waals surface area contributed by atoms with Crippen molar-refractivity contribution in [2.45, 2.75) is 0 Å². The van der Waals surface area contributed by atoms with Crippen LogP contribution in [0.15, 0.2) is 146 Å². The molecular weight excluding hydrogens is 472 g/mol. The Bertz CT molecular complexity index is 1970. The van der Waals surface area contributed by atoms with Gasteiger partial charge in [-0.25, -0.2) is 0 Å². The first-order valence-electron chi connectivity index (χ1n) is 13.3. The van der Waals surface area contributed by atoms with Crippen molar-refractivity contribution in [1.29, 1.82) is 0 Å². The highest BCUT2D eigenvalue weighted by Crippen LogP contribution is 2.49. The molecule has 1 aliphatic rings. The van der Waals surface area contributed by atoms with Crippen LogP contribution in [0.4, 0.5) is 17.1 Å². The molecule has 0 fully saturated rings. The van der Waals surface area contributed by atoms with E-state index in [1.165, 1.54) is 54.9 Å². The van der Waals surface area contributed by atoms with Crippen LogP contribution in [0.1, 0.15) is 0 Å². The quantitative estimate of drug-likeness (QED) is 0.241. The van der Waals surface area contributed by atoms with Crippen molar-refractivity contribution in [2.24, 2.45) is 0 Å². The highest BCUT2D eigenvalue weighted by atomic mass is 15.1. The molecule has 0 aliphatic heterocycles. The summed E-state index contributed by atoms with van der Waals surface area (Å²) in [5.41, 5.74) is 11.1. The number of benzene rings is 6. The van der Waals surface area contributed by atoms with Crippen molar-refractivity contribution in [3.8, 4) is 33.4 Å². The maximum Gasteiger partial charge on any atom is 0.0540 e. The average molecular weight is 497 g/mol. The van der Waals surface area contributed by atoms with Crippen LogP contribution in [-0.4, -0.2) is 4.98 Å². The summed E-state index contributed by atoms with van der Waals surface area (Å²) in [6.45, 7) is 0. The van der Waals surface area contributed by atoms with Crippen LogP contribution in [0.3, 0.4) is 0 Å². The van der Waals surface area contributed by atoms with Crippen molar-refractivity contribution in [3.05, 3.63) is 146 Å². The molecule has 0 N–H and O–H groups in total. The minimum Gasteiger partial charge on any atom is -0.310 e. The topological polar surface area (TPSA) is 16.1 Å². The average Bonchev–Trinajstić information content (AvgIpc) is 3.34.